The van der Waals surface area contributed by atoms with Gasteiger partial charge in [0.25, 0.3) is 0 Å². The molecule has 0 radical (unpaired) electrons. The van der Waals surface area contributed by atoms with Crippen molar-refractivity contribution in [1.82, 2.24) is 30.5 Å². The van der Waals surface area contributed by atoms with E-state index in [1.807, 2.05) is 48.8 Å². The lowest BCUT2D eigenvalue weighted by atomic mass is 10.0. The highest BCUT2D eigenvalue weighted by Gasteiger charge is 2.16. The average Bonchev–Trinajstić information content (AvgIpc) is 3.65. The summed E-state index contributed by atoms with van der Waals surface area (Å²) < 4.78 is 19.6. The zero-order chi connectivity index (χ0) is 28.5. The van der Waals surface area contributed by atoms with Gasteiger partial charge >= 0.3 is 0 Å². The third-order valence-corrected chi connectivity index (χ3v) is 7.41. The molecule has 0 spiro atoms. The molecule has 0 saturated heterocycles. The molecule has 0 bridgehead atoms. The molecule has 8 heteroatoms. The Balaban J connectivity index is 1.21. The van der Waals surface area contributed by atoms with Crippen LogP contribution in [0.5, 0.6) is 5.75 Å². The SMILES string of the molecule is COc1cc(F)cc(-c2cncc3[nH]c(-c4n[nH]c5ccc(-c6cncc(CNCc7ccccc7)c6)cc45)cc23)c1. The number of benzene rings is 3. The summed E-state index contributed by atoms with van der Waals surface area (Å²) in [5.74, 6) is 0.0857. The number of aromatic amines is 2. The van der Waals surface area contributed by atoms with E-state index >= 15 is 0 Å². The maximum Gasteiger partial charge on any atom is 0.127 e. The zero-order valence-corrected chi connectivity index (χ0v) is 22.9. The number of H-pyrrole nitrogens is 2. The molecule has 3 N–H and O–H groups in total. The van der Waals surface area contributed by atoms with Crippen LogP contribution in [0, 0.1) is 5.82 Å². The van der Waals surface area contributed by atoms with E-state index in [4.69, 9.17) is 4.74 Å². The topological polar surface area (TPSA) is 91.5 Å². The molecule has 0 fully saturated rings. The molecule has 0 saturated carbocycles. The van der Waals surface area contributed by atoms with Crippen molar-refractivity contribution >= 4 is 21.8 Å². The lowest BCUT2D eigenvalue weighted by Gasteiger charge is -2.08. The van der Waals surface area contributed by atoms with E-state index < -0.39 is 0 Å². The number of ether oxygens (including phenoxy) is 1. The van der Waals surface area contributed by atoms with Gasteiger partial charge in [0.05, 0.1) is 30.0 Å². The van der Waals surface area contributed by atoms with E-state index in [2.05, 4.69) is 60.8 Å². The summed E-state index contributed by atoms with van der Waals surface area (Å²) in [7, 11) is 1.53. The third kappa shape index (κ3) is 5.00. The first-order valence-corrected chi connectivity index (χ1v) is 13.6. The number of fused-ring (bicyclic) bond motifs is 2. The van der Waals surface area contributed by atoms with Crippen LogP contribution in [0.3, 0.4) is 0 Å². The van der Waals surface area contributed by atoms with E-state index in [0.29, 0.717) is 11.3 Å². The number of hydrogen-bond donors (Lipinski definition) is 3. The summed E-state index contributed by atoms with van der Waals surface area (Å²) >= 11 is 0. The van der Waals surface area contributed by atoms with E-state index in [9.17, 15) is 4.39 Å². The summed E-state index contributed by atoms with van der Waals surface area (Å²) in [6.45, 7) is 1.52. The Bertz CT molecular complexity index is 2030. The first-order valence-electron chi connectivity index (χ1n) is 13.6. The Morgan fingerprint density at radius 1 is 0.738 bits per heavy atom. The van der Waals surface area contributed by atoms with Gasteiger partial charge in [0.2, 0.25) is 0 Å². The van der Waals surface area contributed by atoms with Crippen molar-refractivity contribution in [2.45, 2.75) is 13.1 Å². The Labute approximate surface area is 241 Å². The number of pyridine rings is 2. The second-order valence-electron chi connectivity index (χ2n) is 10.2. The molecular weight excluding hydrogens is 527 g/mol. The Morgan fingerprint density at radius 3 is 2.48 bits per heavy atom. The van der Waals surface area contributed by atoms with Crippen molar-refractivity contribution in [1.29, 1.82) is 0 Å². The number of aromatic nitrogens is 5. The maximum absolute atomic E-state index is 14.3. The lowest BCUT2D eigenvalue weighted by Crippen LogP contribution is -2.12. The van der Waals surface area contributed by atoms with E-state index in [-0.39, 0.29) is 5.82 Å². The van der Waals surface area contributed by atoms with Crippen molar-refractivity contribution in [3.05, 3.63) is 121 Å². The molecule has 4 heterocycles. The average molecular weight is 555 g/mol. The fraction of sp³-hybridized carbons (Fsp3) is 0.0882. The molecule has 42 heavy (non-hydrogen) atoms. The van der Waals surface area contributed by atoms with Crippen molar-refractivity contribution in [3.8, 4) is 39.4 Å². The van der Waals surface area contributed by atoms with Crippen LogP contribution in [-0.2, 0) is 13.1 Å². The number of rotatable bonds is 8. The van der Waals surface area contributed by atoms with Gasteiger partial charge in [-0.2, -0.15) is 5.10 Å². The Morgan fingerprint density at radius 2 is 1.60 bits per heavy atom. The van der Waals surface area contributed by atoms with Crippen LogP contribution in [0.2, 0.25) is 0 Å². The third-order valence-electron chi connectivity index (χ3n) is 7.41. The van der Waals surface area contributed by atoms with Gasteiger partial charge in [-0.1, -0.05) is 36.4 Å². The summed E-state index contributed by atoms with van der Waals surface area (Å²) in [5.41, 5.74) is 9.32. The fourth-order valence-corrected chi connectivity index (χ4v) is 5.33. The fourth-order valence-electron chi connectivity index (χ4n) is 5.33. The molecule has 7 nitrogen and oxygen atoms in total. The number of hydrogen-bond acceptors (Lipinski definition) is 5. The quantitative estimate of drug-likeness (QED) is 0.184. The number of methoxy groups -OCH3 is 1. The number of nitrogens with one attached hydrogen (secondary N) is 3. The molecule has 0 aliphatic carbocycles. The molecule has 4 aromatic heterocycles. The minimum absolute atomic E-state index is 0.367. The highest BCUT2D eigenvalue weighted by atomic mass is 19.1. The molecule has 3 aromatic carbocycles. The predicted octanol–water partition coefficient (Wildman–Crippen LogP) is 7.27. The molecule has 0 aliphatic rings. The van der Waals surface area contributed by atoms with Crippen LogP contribution in [0.4, 0.5) is 4.39 Å². The standard InChI is InChI=1S/C34H27FN6O/c1-42-27-11-24(10-26(35)13-27)30-19-38-20-33-28(30)14-32(39-33)34-29-12-23(7-8-31(29)40-41-34)25-9-22(17-37-18-25)16-36-15-21-5-3-2-4-6-21/h2-14,17-20,36,39H,15-16H2,1H3,(H,40,41). The minimum atomic E-state index is -0.367. The van der Waals surface area contributed by atoms with Crippen LogP contribution < -0.4 is 10.1 Å². The molecule has 0 aliphatic heterocycles. The highest BCUT2D eigenvalue weighted by Crippen LogP contribution is 2.36. The number of halogens is 1. The maximum atomic E-state index is 14.3. The largest absolute Gasteiger partial charge is 0.497 e. The first-order chi connectivity index (χ1) is 20.6. The van der Waals surface area contributed by atoms with Crippen LogP contribution >= 0.6 is 0 Å². The predicted molar refractivity (Wildman–Crippen MR) is 163 cm³/mol. The normalized spacial score (nSPS) is 11.4. The monoisotopic (exact) mass is 554 g/mol. The summed E-state index contributed by atoms with van der Waals surface area (Å²) in [6.07, 6.45) is 7.29. The van der Waals surface area contributed by atoms with Crippen molar-refractivity contribution in [3.63, 3.8) is 0 Å². The van der Waals surface area contributed by atoms with E-state index in [0.717, 1.165) is 68.5 Å². The van der Waals surface area contributed by atoms with Gasteiger partial charge in [-0.15, -0.1) is 0 Å². The molecule has 7 rings (SSSR count). The summed E-state index contributed by atoms with van der Waals surface area (Å²) in [6, 6.07) is 25.5. The molecule has 0 amide bonds. The van der Waals surface area contributed by atoms with Gasteiger partial charge in [0, 0.05) is 59.6 Å². The van der Waals surface area contributed by atoms with Gasteiger partial charge in [0.15, 0.2) is 0 Å². The highest BCUT2D eigenvalue weighted by molar-refractivity contribution is 6.01. The van der Waals surface area contributed by atoms with Crippen LogP contribution in [0.15, 0.2) is 104 Å². The van der Waals surface area contributed by atoms with Gasteiger partial charge in [-0.25, -0.2) is 4.39 Å². The van der Waals surface area contributed by atoms with Crippen LogP contribution in [-0.4, -0.2) is 32.3 Å². The molecule has 0 atom stereocenters. The molecule has 0 unspecified atom stereocenters. The minimum Gasteiger partial charge on any atom is -0.497 e. The van der Waals surface area contributed by atoms with Gasteiger partial charge in [-0.05, 0) is 58.7 Å². The molecule has 206 valence electrons. The first kappa shape index (κ1) is 25.6. The van der Waals surface area contributed by atoms with Gasteiger partial charge in [0.1, 0.15) is 17.3 Å². The van der Waals surface area contributed by atoms with Gasteiger partial charge < -0.3 is 15.0 Å². The molecule has 7 aromatic rings. The van der Waals surface area contributed by atoms with Crippen molar-refractivity contribution < 1.29 is 9.13 Å². The lowest BCUT2D eigenvalue weighted by molar-refractivity contribution is 0.411. The molecular formula is C34H27FN6O. The van der Waals surface area contributed by atoms with Gasteiger partial charge in [-0.3, -0.25) is 15.1 Å². The Hall–Kier alpha value is -5.34. The van der Waals surface area contributed by atoms with E-state index in [1.54, 1.807) is 12.4 Å². The zero-order valence-electron chi connectivity index (χ0n) is 22.9. The smallest absolute Gasteiger partial charge is 0.127 e. The summed E-state index contributed by atoms with van der Waals surface area (Å²) in [5, 5.41) is 13.2. The summed E-state index contributed by atoms with van der Waals surface area (Å²) in [4.78, 5) is 12.4. The van der Waals surface area contributed by atoms with Crippen molar-refractivity contribution in [2.24, 2.45) is 0 Å². The Kier molecular flexibility index (Phi) is 6.65. The van der Waals surface area contributed by atoms with Crippen LogP contribution in [0.25, 0.3) is 55.4 Å². The van der Waals surface area contributed by atoms with E-state index in [1.165, 1.54) is 24.8 Å². The second-order valence-corrected chi connectivity index (χ2v) is 10.2. The number of nitrogens with zero attached hydrogens (tertiary/aromatic N) is 3. The second kappa shape index (κ2) is 10.9. The van der Waals surface area contributed by atoms with Crippen molar-refractivity contribution in [2.75, 3.05) is 7.11 Å². The van der Waals surface area contributed by atoms with Crippen LogP contribution in [0.1, 0.15) is 11.1 Å².